The van der Waals surface area contributed by atoms with Crippen LogP contribution in [0.3, 0.4) is 0 Å². The summed E-state index contributed by atoms with van der Waals surface area (Å²) in [7, 11) is 1.66. The van der Waals surface area contributed by atoms with Crippen molar-refractivity contribution in [2.45, 2.75) is 52.4 Å². The molecule has 1 aliphatic heterocycles. The van der Waals surface area contributed by atoms with Gasteiger partial charge in [0.25, 0.3) is 0 Å². The van der Waals surface area contributed by atoms with Gasteiger partial charge in [-0.2, -0.15) is 0 Å². The van der Waals surface area contributed by atoms with E-state index >= 15 is 0 Å². The number of methoxy groups -OCH3 is 1. The molecule has 0 aromatic heterocycles. The zero-order valence-corrected chi connectivity index (χ0v) is 19.8. The van der Waals surface area contributed by atoms with Crippen molar-refractivity contribution in [3.63, 3.8) is 0 Å². The first-order valence-corrected chi connectivity index (χ1v) is 11.2. The normalized spacial score (nSPS) is 17.1. The Morgan fingerprint density at radius 1 is 1.12 bits per heavy atom. The summed E-state index contributed by atoms with van der Waals surface area (Å²) in [5, 5.41) is 0. The quantitative estimate of drug-likeness (QED) is 0.554. The van der Waals surface area contributed by atoms with Gasteiger partial charge in [-0.05, 0) is 68.7 Å². The van der Waals surface area contributed by atoms with Crippen LogP contribution in [0.1, 0.15) is 50.0 Å². The van der Waals surface area contributed by atoms with Crippen LogP contribution < -0.4 is 9.47 Å². The van der Waals surface area contributed by atoms with Crippen molar-refractivity contribution in [3.8, 4) is 11.5 Å². The first-order valence-electron chi connectivity index (χ1n) is 11.2. The lowest BCUT2D eigenvalue weighted by Gasteiger charge is -2.33. The van der Waals surface area contributed by atoms with Crippen LogP contribution >= 0.6 is 0 Å². The van der Waals surface area contributed by atoms with Crippen LogP contribution in [0.25, 0.3) is 0 Å². The standard InChI is InChI=1S/C26H35NO5/c1-19-16-22(31-18-20-6-8-21(29-5)9-7-20)10-11-23(19)24-17-27(14-15-30-24)13-12-25(28)32-26(2,3)4/h6-11,16,24H,12-15,17-18H2,1-5H3. The highest BCUT2D eigenvalue weighted by Crippen LogP contribution is 2.28. The number of esters is 1. The molecule has 0 spiro atoms. The summed E-state index contributed by atoms with van der Waals surface area (Å²) in [5.41, 5.74) is 2.93. The van der Waals surface area contributed by atoms with Crippen molar-refractivity contribution in [1.29, 1.82) is 0 Å². The predicted octanol–water partition coefficient (Wildman–Crippen LogP) is 4.69. The van der Waals surface area contributed by atoms with Gasteiger partial charge < -0.3 is 18.9 Å². The molecule has 0 N–H and O–H groups in total. The Hall–Kier alpha value is -2.57. The molecule has 1 unspecified atom stereocenters. The van der Waals surface area contributed by atoms with E-state index in [0.717, 1.165) is 41.3 Å². The van der Waals surface area contributed by atoms with Crippen LogP contribution in [-0.4, -0.2) is 49.8 Å². The minimum atomic E-state index is -0.446. The summed E-state index contributed by atoms with van der Waals surface area (Å²) < 4.78 is 22.6. The predicted molar refractivity (Wildman–Crippen MR) is 124 cm³/mol. The van der Waals surface area contributed by atoms with E-state index in [9.17, 15) is 4.79 Å². The van der Waals surface area contributed by atoms with Gasteiger partial charge in [0, 0.05) is 19.6 Å². The van der Waals surface area contributed by atoms with E-state index < -0.39 is 5.60 Å². The van der Waals surface area contributed by atoms with Crippen LogP contribution in [0, 0.1) is 6.92 Å². The molecular weight excluding hydrogens is 406 g/mol. The highest BCUT2D eigenvalue weighted by Gasteiger charge is 2.24. The number of hydrogen-bond acceptors (Lipinski definition) is 6. The second-order valence-corrected chi connectivity index (χ2v) is 9.15. The lowest BCUT2D eigenvalue weighted by atomic mass is 10.0. The Kier molecular flexibility index (Phi) is 8.15. The van der Waals surface area contributed by atoms with Gasteiger partial charge in [-0.3, -0.25) is 9.69 Å². The van der Waals surface area contributed by atoms with Gasteiger partial charge in [0.2, 0.25) is 0 Å². The van der Waals surface area contributed by atoms with Crippen molar-refractivity contribution in [2.75, 3.05) is 33.4 Å². The summed E-state index contributed by atoms with van der Waals surface area (Å²) in [6.07, 6.45) is 0.374. The van der Waals surface area contributed by atoms with Gasteiger partial charge in [0.1, 0.15) is 23.7 Å². The second kappa shape index (κ2) is 10.8. The Labute approximate surface area is 191 Å². The third kappa shape index (κ3) is 7.24. The van der Waals surface area contributed by atoms with Gasteiger partial charge in [-0.1, -0.05) is 18.2 Å². The number of morpholine rings is 1. The number of ether oxygens (including phenoxy) is 4. The van der Waals surface area contributed by atoms with Crippen LogP contribution in [0.4, 0.5) is 0 Å². The molecule has 3 rings (SSSR count). The fraction of sp³-hybridized carbons (Fsp3) is 0.500. The second-order valence-electron chi connectivity index (χ2n) is 9.15. The number of carbonyl (C=O) groups excluding carboxylic acids is 1. The molecule has 2 aromatic rings. The van der Waals surface area contributed by atoms with Gasteiger partial charge in [0.15, 0.2) is 0 Å². The maximum absolute atomic E-state index is 12.0. The van der Waals surface area contributed by atoms with Crippen molar-refractivity contribution in [2.24, 2.45) is 0 Å². The summed E-state index contributed by atoms with van der Waals surface area (Å²) >= 11 is 0. The van der Waals surface area contributed by atoms with Gasteiger partial charge >= 0.3 is 5.97 Å². The Balaban J connectivity index is 1.53. The van der Waals surface area contributed by atoms with Gasteiger partial charge in [0.05, 0.1) is 26.2 Å². The minimum absolute atomic E-state index is 0.0157. The van der Waals surface area contributed by atoms with E-state index in [-0.39, 0.29) is 12.1 Å². The number of hydrogen-bond donors (Lipinski definition) is 0. The molecule has 0 bridgehead atoms. The highest BCUT2D eigenvalue weighted by molar-refractivity contribution is 5.70. The smallest absolute Gasteiger partial charge is 0.307 e. The highest BCUT2D eigenvalue weighted by atomic mass is 16.6. The molecule has 6 nitrogen and oxygen atoms in total. The van der Waals surface area contributed by atoms with E-state index in [1.165, 1.54) is 0 Å². The monoisotopic (exact) mass is 441 g/mol. The number of benzene rings is 2. The zero-order chi connectivity index (χ0) is 23.1. The number of nitrogens with zero attached hydrogens (tertiary/aromatic N) is 1. The first-order chi connectivity index (χ1) is 15.2. The topological polar surface area (TPSA) is 57.2 Å². The maximum Gasteiger partial charge on any atom is 0.307 e. The molecule has 1 fully saturated rings. The fourth-order valence-electron chi connectivity index (χ4n) is 3.72. The molecule has 1 atom stereocenters. The number of carbonyl (C=O) groups is 1. The number of rotatable bonds is 8. The van der Waals surface area contributed by atoms with Crippen LogP contribution in [-0.2, 0) is 20.9 Å². The lowest BCUT2D eigenvalue weighted by Crippen LogP contribution is -2.40. The zero-order valence-electron chi connectivity index (χ0n) is 19.8. The Morgan fingerprint density at radius 2 is 1.84 bits per heavy atom. The third-order valence-corrected chi connectivity index (χ3v) is 5.36. The summed E-state index contributed by atoms with van der Waals surface area (Å²) in [6, 6.07) is 14.0. The third-order valence-electron chi connectivity index (χ3n) is 5.36. The molecule has 1 heterocycles. The Bertz CT molecular complexity index is 888. The molecule has 1 aliphatic rings. The van der Waals surface area contributed by atoms with E-state index in [1.54, 1.807) is 7.11 Å². The Morgan fingerprint density at radius 3 is 2.50 bits per heavy atom. The lowest BCUT2D eigenvalue weighted by molar-refractivity contribution is -0.155. The molecule has 1 saturated heterocycles. The summed E-state index contributed by atoms with van der Waals surface area (Å²) in [5.74, 6) is 1.51. The molecule has 174 valence electrons. The molecule has 0 radical (unpaired) electrons. The van der Waals surface area contributed by atoms with Crippen LogP contribution in [0.2, 0.25) is 0 Å². The molecular formula is C26H35NO5. The molecule has 0 aliphatic carbocycles. The molecule has 0 amide bonds. The van der Waals surface area contributed by atoms with Crippen molar-refractivity contribution in [3.05, 3.63) is 59.2 Å². The average molecular weight is 442 g/mol. The minimum Gasteiger partial charge on any atom is -0.497 e. The first kappa shape index (κ1) is 24.1. The van der Waals surface area contributed by atoms with Gasteiger partial charge in [-0.15, -0.1) is 0 Å². The van der Waals surface area contributed by atoms with E-state index in [1.807, 2.05) is 51.1 Å². The average Bonchev–Trinajstić information content (AvgIpc) is 2.76. The van der Waals surface area contributed by atoms with Gasteiger partial charge in [-0.25, -0.2) is 0 Å². The fourth-order valence-corrected chi connectivity index (χ4v) is 3.72. The van der Waals surface area contributed by atoms with Crippen molar-refractivity contribution < 1.29 is 23.7 Å². The van der Waals surface area contributed by atoms with E-state index in [2.05, 4.69) is 24.0 Å². The van der Waals surface area contributed by atoms with Crippen molar-refractivity contribution >= 4 is 5.97 Å². The van der Waals surface area contributed by atoms with E-state index in [4.69, 9.17) is 18.9 Å². The summed E-state index contributed by atoms with van der Waals surface area (Å²) in [4.78, 5) is 14.3. The van der Waals surface area contributed by atoms with Crippen LogP contribution in [0.5, 0.6) is 11.5 Å². The van der Waals surface area contributed by atoms with Crippen molar-refractivity contribution in [1.82, 2.24) is 4.90 Å². The maximum atomic E-state index is 12.0. The molecule has 32 heavy (non-hydrogen) atoms. The summed E-state index contributed by atoms with van der Waals surface area (Å²) in [6.45, 7) is 11.2. The number of aryl methyl sites for hydroxylation is 1. The largest absolute Gasteiger partial charge is 0.497 e. The van der Waals surface area contributed by atoms with Crippen LogP contribution in [0.15, 0.2) is 42.5 Å². The molecule has 2 aromatic carbocycles. The van der Waals surface area contributed by atoms with E-state index in [0.29, 0.717) is 26.2 Å². The SMILES string of the molecule is COc1ccc(COc2ccc(C3CN(CCC(=O)OC(C)(C)C)CCO3)c(C)c2)cc1. The molecule has 6 heteroatoms. The molecule has 0 saturated carbocycles.